The van der Waals surface area contributed by atoms with Crippen LogP contribution in [-0.2, 0) is 14.3 Å². The van der Waals surface area contributed by atoms with Gasteiger partial charge in [0.2, 0.25) is 5.91 Å². The van der Waals surface area contributed by atoms with Gasteiger partial charge < -0.3 is 14.8 Å². The molecule has 0 radical (unpaired) electrons. The fourth-order valence-corrected chi connectivity index (χ4v) is 4.19. The molecule has 1 aromatic carbocycles. The van der Waals surface area contributed by atoms with Crippen molar-refractivity contribution in [2.24, 2.45) is 11.8 Å². The lowest BCUT2D eigenvalue weighted by Gasteiger charge is -2.28. The molecule has 1 saturated carbocycles. The quantitative estimate of drug-likeness (QED) is 0.438. The van der Waals surface area contributed by atoms with Gasteiger partial charge in [-0.05, 0) is 49.8 Å². The van der Waals surface area contributed by atoms with Gasteiger partial charge in [0.05, 0.1) is 25.7 Å². The summed E-state index contributed by atoms with van der Waals surface area (Å²) in [5, 5.41) is 3.36. The highest BCUT2D eigenvalue weighted by Gasteiger charge is 2.32. The van der Waals surface area contributed by atoms with Crippen LogP contribution in [0.15, 0.2) is 36.7 Å². The Morgan fingerprint density at radius 1 is 1.16 bits per heavy atom. The third kappa shape index (κ3) is 6.19. The van der Waals surface area contributed by atoms with Crippen molar-refractivity contribution < 1.29 is 19.1 Å². The Labute approximate surface area is 193 Å². The first-order valence-electron chi connectivity index (χ1n) is 11.1. The van der Waals surface area contributed by atoms with Crippen LogP contribution in [-0.4, -0.2) is 35.6 Å². The summed E-state index contributed by atoms with van der Waals surface area (Å²) in [4.78, 5) is 33.5. The normalized spacial score (nSPS) is 19.1. The van der Waals surface area contributed by atoms with E-state index in [4.69, 9.17) is 21.1 Å². The van der Waals surface area contributed by atoms with Crippen molar-refractivity contribution in [2.45, 2.75) is 51.5 Å². The minimum absolute atomic E-state index is 0.0858. The second-order valence-electron chi connectivity index (χ2n) is 8.02. The number of amides is 1. The molecule has 2 aromatic rings. The molecule has 1 heterocycles. The van der Waals surface area contributed by atoms with Crippen LogP contribution in [0.4, 0.5) is 0 Å². The molecule has 0 spiro atoms. The molecule has 1 aliphatic carbocycles. The van der Waals surface area contributed by atoms with E-state index in [1.54, 1.807) is 6.20 Å². The van der Waals surface area contributed by atoms with E-state index in [-0.39, 0.29) is 28.9 Å². The number of nitrogens with one attached hydrogen (secondary N) is 1. The molecule has 1 aromatic heterocycles. The maximum Gasteiger partial charge on any atom is 0.308 e. The lowest BCUT2D eigenvalue weighted by Crippen LogP contribution is -2.37. The zero-order valence-electron chi connectivity index (χ0n) is 18.6. The molecular formula is C24H30ClN3O4. The zero-order valence-corrected chi connectivity index (χ0v) is 19.3. The van der Waals surface area contributed by atoms with Crippen molar-refractivity contribution in [1.29, 1.82) is 0 Å². The van der Waals surface area contributed by atoms with E-state index in [2.05, 4.69) is 22.2 Å². The zero-order chi connectivity index (χ0) is 22.9. The first kappa shape index (κ1) is 24.0. The maximum atomic E-state index is 13.2. The van der Waals surface area contributed by atoms with Gasteiger partial charge in [-0.2, -0.15) is 0 Å². The Hall–Kier alpha value is -2.67. The van der Waals surface area contributed by atoms with Crippen LogP contribution in [0.5, 0.6) is 5.75 Å². The van der Waals surface area contributed by atoms with Crippen molar-refractivity contribution in [1.82, 2.24) is 15.3 Å². The van der Waals surface area contributed by atoms with Crippen molar-refractivity contribution >= 4 is 23.5 Å². The van der Waals surface area contributed by atoms with E-state index in [1.165, 1.54) is 13.3 Å². The van der Waals surface area contributed by atoms with Gasteiger partial charge in [-0.15, -0.1) is 0 Å². The van der Waals surface area contributed by atoms with Crippen molar-refractivity contribution in [3.05, 3.63) is 53.1 Å². The van der Waals surface area contributed by atoms with Gasteiger partial charge in [-0.3, -0.25) is 14.6 Å². The van der Waals surface area contributed by atoms with Gasteiger partial charge in [-0.1, -0.05) is 37.1 Å². The van der Waals surface area contributed by atoms with Crippen LogP contribution >= 0.6 is 11.6 Å². The molecule has 1 amide bonds. The average molecular weight is 460 g/mol. The van der Waals surface area contributed by atoms with Crippen LogP contribution in [0.2, 0.25) is 5.15 Å². The Bertz CT molecular complexity index is 916. The highest BCUT2D eigenvalue weighted by Crippen LogP contribution is 2.32. The highest BCUT2D eigenvalue weighted by molar-refractivity contribution is 6.30. The largest absolute Gasteiger partial charge is 0.494 e. The van der Waals surface area contributed by atoms with E-state index in [0.717, 1.165) is 24.2 Å². The molecule has 0 bridgehead atoms. The van der Waals surface area contributed by atoms with E-state index in [9.17, 15) is 9.59 Å². The van der Waals surface area contributed by atoms with Crippen molar-refractivity contribution in [3.63, 3.8) is 0 Å². The number of aromatic nitrogens is 2. The fourth-order valence-electron chi connectivity index (χ4n) is 3.97. The molecule has 0 saturated heterocycles. The number of esters is 1. The number of hydrogen-bond acceptors (Lipinski definition) is 6. The number of benzene rings is 1. The summed E-state index contributed by atoms with van der Waals surface area (Å²) in [6.45, 7) is 2.74. The van der Waals surface area contributed by atoms with Crippen LogP contribution in [0.1, 0.15) is 62.7 Å². The summed E-state index contributed by atoms with van der Waals surface area (Å²) >= 11 is 6.34. The third-order valence-corrected chi connectivity index (χ3v) is 6.12. The molecule has 1 fully saturated rings. The number of carbonyl (C=O) groups excluding carboxylic acids is 2. The second kappa shape index (κ2) is 11.8. The lowest BCUT2D eigenvalue weighted by atomic mass is 9.81. The minimum Gasteiger partial charge on any atom is -0.494 e. The van der Waals surface area contributed by atoms with E-state index in [0.29, 0.717) is 38.0 Å². The van der Waals surface area contributed by atoms with Crippen molar-refractivity contribution in [2.75, 3.05) is 13.7 Å². The number of carbonyl (C=O) groups is 2. The fraction of sp³-hybridized carbons (Fsp3) is 0.500. The molecule has 172 valence electrons. The summed E-state index contributed by atoms with van der Waals surface area (Å²) in [5.74, 6) is 0.128. The Morgan fingerprint density at radius 3 is 2.56 bits per heavy atom. The molecule has 3 rings (SSSR count). The van der Waals surface area contributed by atoms with E-state index >= 15 is 0 Å². The van der Waals surface area contributed by atoms with Gasteiger partial charge in [0.25, 0.3) is 0 Å². The van der Waals surface area contributed by atoms with Gasteiger partial charge in [0.15, 0.2) is 5.15 Å². The number of hydrogen-bond donors (Lipinski definition) is 1. The summed E-state index contributed by atoms with van der Waals surface area (Å²) in [5.41, 5.74) is 1.30. The first-order chi connectivity index (χ1) is 15.5. The van der Waals surface area contributed by atoms with Crippen LogP contribution in [0.3, 0.4) is 0 Å². The number of nitrogens with zero attached hydrogens (tertiary/aromatic N) is 2. The van der Waals surface area contributed by atoms with Gasteiger partial charge in [0.1, 0.15) is 11.4 Å². The summed E-state index contributed by atoms with van der Waals surface area (Å²) < 4.78 is 10.7. The van der Waals surface area contributed by atoms with Gasteiger partial charge in [-0.25, -0.2) is 4.98 Å². The molecule has 1 unspecified atom stereocenters. The molecule has 1 N–H and O–H groups in total. The predicted octanol–water partition coefficient (Wildman–Crippen LogP) is 4.49. The maximum absolute atomic E-state index is 13.2. The topological polar surface area (TPSA) is 90.4 Å². The predicted molar refractivity (Wildman–Crippen MR) is 121 cm³/mol. The van der Waals surface area contributed by atoms with Crippen molar-refractivity contribution in [3.8, 4) is 5.75 Å². The summed E-state index contributed by atoms with van der Waals surface area (Å²) in [6, 6.07) is 7.04. The molecule has 0 aliphatic heterocycles. The number of halogens is 1. The van der Waals surface area contributed by atoms with Crippen LogP contribution in [0, 0.1) is 11.8 Å². The number of rotatable bonds is 9. The standard InChI is InChI=1S/C24H30ClN3O4/c1-3-4-14-32-19-7-5-6-18(15-19)20(21-22(25)27-13-12-26-21)28-23(29)16-8-10-17(11-9-16)24(30)31-2/h5-7,12-13,15-17,20H,3-4,8-11,14H2,1-2H3,(H,28,29)/t16-,17+,20?. The molecule has 1 atom stereocenters. The summed E-state index contributed by atoms with van der Waals surface area (Å²) in [6.07, 6.45) is 7.64. The Kier molecular flexibility index (Phi) is 8.85. The lowest BCUT2D eigenvalue weighted by molar-refractivity contribution is -0.147. The molecule has 7 nitrogen and oxygen atoms in total. The van der Waals surface area contributed by atoms with Gasteiger partial charge in [0, 0.05) is 18.3 Å². The van der Waals surface area contributed by atoms with E-state index < -0.39 is 6.04 Å². The SMILES string of the molecule is CCCCOc1cccc(C(NC(=O)[C@H]2CC[C@@H](C(=O)OC)CC2)c2nccnc2Cl)c1. The average Bonchev–Trinajstić information content (AvgIpc) is 2.83. The highest BCUT2D eigenvalue weighted by atomic mass is 35.5. The second-order valence-corrected chi connectivity index (χ2v) is 8.38. The first-order valence-corrected chi connectivity index (χ1v) is 11.5. The number of ether oxygens (including phenoxy) is 2. The molecule has 32 heavy (non-hydrogen) atoms. The molecule has 1 aliphatic rings. The third-order valence-electron chi connectivity index (χ3n) is 5.83. The molecular weight excluding hydrogens is 430 g/mol. The van der Waals surface area contributed by atoms with Gasteiger partial charge >= 0.3 is 5.97 Å². The number of methoxy groups -OCH3 is 1. The minimum atomic E-state index is -0.559. The Balaban J connectivity index is 1.78. The van der Waals surface area contributed by atoms with Crippen LogP contribution < -0.4 is 10.1 Å². The number of unbranched alkanes of at least 4 members (excludes halogenated alkanes) is 1. The van der Waals surface area contributed by atoms with E-state index in [1.807, 2.05) is 24.3 Å². The summed E-state index contributed by atoms with van der Waals surface area (Å²) in [7, 11) is 1.40. The Morgan fingerprint density at radius 2 is 1.88 bits per heavy atom. The smallest absolute Gasteiger partial charge is 0.308 e. The monoisotopic (exact) mass is 459 g/mol. The molecule has 8 heteroatoms. The van der Waals surface area contributed by atoms with Crippen LogP contribution in [0.25, 0.3) is 0 Å².